The van der Waals surface area contributed by atoms with Gasteiger partial charge < -0.3 is 10.0 Å². The van der Waals surface area contributed by atoms with Crippen molar-refractivity contribution in [3.8, 4) is 11.8 Å². The number of carbonyl (C=O) groups excluding carboxylic acids is 1. The standard InChI is InChI=1S/C8H9NO3/c1-6(10)9-4-7(5-9)2-3-8(11)12/h7H,4-5H2,1H3,(H,11,12). The number of rotatable bonds is 0. The van der Waals surface area contributed by atoms with E-state index < -0.39 is 5.97 Å². The number of hydrogen-bond donors (Lipinski definition) is 1. The van der Waals surface area contributed by atoms with E-state index in [0.29, 0.717) is 13.1 Å². The topological polar surface area (TPSA) is 57.6 Å². The average Bonchev–Trinajstić information content (AvgIpc) is 1.82. The fraction of sp³-hybridized carbons (Fsp3) is 0.500. The quantitative estimate of drug-likeness (QED) is 0.497. The van der Waals surface area contributed by atoms with Gasteiger partial charge in [-0.25, -0.2) is 4.79 Å². The normalized spacial score (nSPS) is 15.9. The Morgan fingerprint density at radius 3 is 2.50 bits per heavy atom. The second-order valence-electron chi connectivity index (χ2n) is 2.70. The highest BCUT2D eigenvalue weighted by molar-refractivity contribution is 5.86. The molecule has 4 nitrogen and oxygen atoms in total. The van der Waals surface area contributed by atoms with Gasteiger partial charge in [0.25, 0.3) is 0 Å². The maximum Gasteiger partial charge on any atom is 0.381 e. The first-order chi connectivity index (χ1) is 5.59. The van der Waals surface area contributed by atoms with Crippen LogP contribution < -0.4 is 0 Å². The molecule has 1 N–H and O–H groups in total. The fourth-order valence-electron chi connectivity index (χ4n) is 0.991. The zero-order chi connectivity index (χ0) is 9.14. The smallest absolute Gasteiger partial charge is 0.381 e. The average molecular weight is 167 g/mol. The van der Waals surface area contributed by atoms with E-state index in [1.165, 1.54) is 6.92 Å². The monoisotopic (exact) mass is 167 g/mol. The third-order valence-electron chi connectivity index (χ3n) is 1.71. The van der Waals surface area contributed by atoms with Gasteiger partial charge in [0.1, 0.15) is 0 Å². The molecule has 1 fully saturated rings. The molecule has 1 amide bonds. The second kappa shape index (κ2) is 3.26. The number of carboxylic acids is 1. The van der Waals surface area contributed by atoms with Crippen LogP contribution in [0.1, 0.15) is 6.92 Å². The van der Waals surface area contributed by atoms with E-state index >= 15 is 0 Å². The Balaban J connectivity index is 2.32. The second-order valence-corrected chi connectivity index (χ2v) is 2.70. The number of amides is 1. The largest absolute Gasteiger partial charge is 0.472 e. The maximum absolute atomic E-state index is 10.7. The van der Waals surface area contributed by atoms with Crippen LogP contribution in [0, 0.1) is 17.8 Å². The van der Waals surface area contributed by atoms with Gasteiger partial charge in [-0.3, -0.25) is 4.79 Å². The summed E-state index contributed by atoms with van der Waals surface area (Å²) in [7, 11) is 0. The van der Waals surface area contributed by atoms with Crippen molar-refractivity contribution in [3.63, 3.8) is 0 Å². The number of carboxylic acid groups (broad SMARTS) is 1. The number of carbonyl (C=O) groups is 2. The van der Waals surface area contributed by atoms with Crippen LogP contribution in [0.4, 0.5) is 0 Å². The van der Waals surface area contributed by atoms with Crippen LogP contribution in [-0.2, 0) is 9.59 Å². The molecule has 0 aromatic heterocycles. The molecule has 0 unspecified atom stereocenters. The molecule has 1 saturated heterocycles. The van der Waals surface area contributed by atoms with Gasteiger partial charge in [0.2, 0.25) is 5.91 Å². The first-order valence-corrected chi connectivity index (χ1v) is 3.59. The van der Waals surface area contributed by atoms with Gasteiger partial charge in [0.15, 0.2) is 0 Å². The summed E-state index contributed by atoms with van der Waals surface area (Å²) in [5.74, 6) is 3.54. The van der Waals surface area contributed by atoms with Gasteiger partial charge in [-0.15, -0.1) is 0 Å². The first-order valence-electron chi connectivity index (χ1n) is 3.59. The van der Waals surface area contributed by atoms with E-state index in [9.17, 15) is 9.59 Å². The zero-order valence-electron chi connectivity index (χ0n) is 6.70. The van der Waals surface area contributed by atoms with Crippen molar-refractivity contribution in [1.82, 2.24) is 4.90 Å². The maximum atomic E-state index is 10.7. The Kier molecular flexibility index (Phi) is 2.34. The number of hydrogen-bond acceptors (Lipinski definition) is 2. The third kappa shape index (κ3) is 1.99. The van der Waals surface area contributed by atoms with E-state index in [4.69, 9.17) is 5.11 Å². The molecular weight excluding hydrogens is 158 g/mol. The molecule has 0 aromatic carbocycles. The van der Waals surface area contributed by atoms with Crippen molar-refractivity contribution in [3.05, 3.63) is 0 Å². The highest BCUT2D eigenvalue weighted by atomic mass is 16.4. The van der Waals surface area contributed by atoms with Crippen LogP contribution in [0.2, 0.25) is 0 Å². The Morgan fingerprint density at radius 2 is 2.08 bits per heavy atom. The van der Waals surface area contributed by atoms with Gasteiger partial charge in [-0.1, -0.05) is 5.92 Å². The van der Waals surface area contributed by atoms with Gasteiger partial charge in [-0.2, -0.15) is 0 Å². The van der Waals surface area contributed by atoms with Crippen LogP contribution in [0.25, 0.3) is 0 Å². The number of nitrogens with zero attached hydrogens (tertiary/aromatic N) is 1. The van der Waals surface area contributed by atoms with Crippen molar-refractivity contribution in [2.24, 2.45) is 5.92 Å². The van der Waals surface area contributed by atoms with E-state index in [-0.39, 0.29) is 11.8 Å². The van der Waals surface area contributed by atoms with Crippen LogP contribution in [0.15, 0.2) is 0 Å². The number of aliphatic carboxylic acids is 1. The predicted octanol–water partition coefficient (Wildman–Crippen LogP) is -0.447. The van der Waals surface area contributed by atoms with E-state index in [0.717, 1.165) is 0 Å². The zero-order valence-corrected chi connectivity index (χ0v) is 6.70. The summed E-state index contributed by atoms with van der Waals surface area (Å²) in [5, 5.41) is 8.20. The molecule has 0 saturated carbocycles. The summed E-state index contributed by atoms with van der Waals surface area (Å²) >= 11 is 0. The Hall–Kier alpha value is -1.50. The fourth-order valence-corrected chi connectivity index (χ4v) is 0.991. The number of likely N-dealkylation sites (tertiary alicyclic amines) is 1. The van der Waals surface area contributed by atoms with Gasteiger partial charge in [0.05, 0.1) is 5.92 Å². The lowest BCUT2D eigenvalue weighted by Gasteiger charge is -2.35. The summed E-state index contributed by atoms with van der Waals surface area (Å²) in [6, 6.07) is 0. The SMILES string of the molecule is CC(=O)N1CC(C#CC(=O)O)C1. The predicted molar refractivity (Wildman–Crippen MR) is 41.2 cm³/mol. The lowest BCUT2D eigenvalue weighted by Crippen LogP contribution is -2.48. The molecule has 0 spiro atoms. The molecule has 0 radical (unpaired) electrons. The molecule has 0 bridgehead atoms. The van der Waals surface area contributed by atoms with Crippen molar-refractivity contribution in [2.75, 3.05) is 13.1 Å². The van der Waals surface area contributed by atoms with Crippen molar-refractivity contribution in [1.29, 1.82) is 0 Å². The summed E-state index contributed by atoms with van der Waals surface area (Å²) in [4.78, 5) is 22.3. The first kappa shape index (κ1) is 8.60. The molecule has 1 heterocycles. The van der Waals surface area contributed by atoms with Crippen LogP contribution >= 0.6 is 0 Å². The van der Waals surface area contributed by atoms with Gasteiger partial charge in [0, 0.05) is 25.9 Å². The van der Waals surface area contributed by atoms with Gasteiger partial charge >= 0.3 is 5.97 Å². The minimum Gasteiger partial charge on any atom is -0.472 e. The lowest BCUT2D eigenvalue weighted by molar-refractivity contribution is -0.133. The van der Waals surface area contributed by atoms with Gasteiger partial charge in [-0.05, 0) is 0 Å². The van der Waals surface area contributed by atoms with Crippen molar-refractivity contribution < 1.29 is 14.7 Å². The van der Waals surface area contributed by atoms with E-state index in [1.54, 1.807) is 4.90 Å². The van der Waals surface area contributed by atoms with Crippen LogP contribution in [-0.4, -0.2) is 35.0 Å². The summed E-state index contributed by atoms with van der Waals surface area (Å²) in [6.45, 7) is 2.62. The van der Waals surface area contributed by atoms with E-state index in [1.807, 2.05) is 5.92 Å². The highest BCUT2D eigenvalue weighted by Gasteiger charge is 2.26. The van der Waals surface area contributed by atoms with E-state index in [2.05, 4.69) is 5.92 Å². The molecule has 1 aliphatic rings. The van der Waals surface area contributed by atoms with Crippen molar-refractivity contribution >= 4 is 11.9 Å². The minimum absolute atomic E-state index is 0.0170. The molecule has 64 valence electrons. The molecule has 0 atom stereocenters. The Morgan fingerprint density at radius 1 is 1.50 bits per heavy atom. The molecule has 12 heavy (non-hydrogen) atoms. The van der Waals surface area contributed by atoms with Crippen molar-refractivity contribution in [2.45, 2.75) is 6.92 Å². The Labute approximate surface area is 70.2 Å². The molecular formula is C8H9NO3. The molecule has 0 aromatic rings. The molecule has 0 aliphatic carbocycles. The summed E-state index contributed by atoms with van der Waals surface area (Å²) in [5.41, 5.74) is 0. The van der Waals surface area contributed by atoms with Crippen LogP contribution in [0.5, 0.6) is 0 Å². The van der Waals surface area contributed by atoms with Crippen LogP contribution in [0.3, 0.4) is 0 Å². The Bertz CT molecular complexity index is 268. The summed E-state index contributed by atoms with van der Waals surface area (Å²) in [6.07, 6.45) is 0. The minimum atomic E-state index is -1.11. The highest BCUT2D eigenvalue weighted by Crippen LogP contribution is 2.13. The molecule has 1 rings (SSSR count). The molecule has 4 heteroatoms. The summed E-state index contributed by atoms with van der Waals surface area (Å²) < 4.78 is 0. The molecule has 1 aliphatic heterocycles. The third-order valence-corrected chi connectivity index (χ3v) is 1.71. The lowest BCUT2D eigenvalue weighted by atomic mass is 10.0.